The summed E-state index contributed by atoms with van der Waals surface area (Å²) < 4.78 is 5.10. The molecule has 0 saturated carbocycles. The number of rotatable bonds is 1. The monoisotopic (exact) mass is 139 g/mol. The zero-order valence-corrected chi connectivity index (χ0v) is 6.42. The third-order valence-corrected chi connectivity index (χ3v) is 1.67. The van der Waals surface area contributed by atoms with Crippen molar-refractivity contribution in [1.82, 2.24) is 0 Å². The molecule has 0 aromatic carbocycles. The molecule has 0 aromatic rings. The summed E-state index contributed by atoms with van der Waals surface area (Å²) >= 11 is 0. The van der Waals surface area contributed by atoms with E-state index < -0.39 is 5.72 Å². The van der Waals surface area contributed by atoms with Gasteiger partial charge >= 0.3 is 0 Å². The van der Waals surface area contributed by atoms with Gasteiger partial charge in [0.15, 0.2) is 0 Å². The molecule has 1 rings (SSSR count). The second-order valence-corrected chi connectivity index (χ2v) is 2.65. The Morgan fingerprint density at radius 3 is 2.80 bits per heavy atom. The minimum atomic E-state index is -0.557. The van der Waals surface area contributed by atoms with Gasteiger partial charge in [-0.05, 0) is 13.0 Å². The number of hydrogen-bond acceptors (Lipinski definition) is 2. The van der Waals surface area contributed by atoms with E-state index in [1.807, 2.05) is 25.2 Å². The Hall–Kier alpha value is -0.600. The van der Waals surface area contributed by atoms with Gasteiger partial charge in [0.2, 0.25) is 0 Å². The molecule has 0 spiro atoms. The predicted octanol–water partition coefficient (Wildman–Crippen LogP) is 1.19. The van der Waals surface area contributed by atoms with Crippen LogP contribution in [0.4, 0.5) is 0 Å². The summed E-state index contributed by atoms with van der Waals surface area (Å²) in [6.07, 6.45) is 6.77. The lowest BCUT2D eigenvalue weighted by molar-refractivity contribution is 0.0390. The first kappa shape index (κ1) is 7.51. The summed E-state index contributed by atoms with van der Waals surface area (Å²) in [7, 11) is 1.63. The van der Waals surface area contributed by atoms with E-state index in [4.69, 9.17) is 10.5 Å². The summed E-state index contributed by atoms with van der Waals surface area (Å²) in [6.45, 7) is 2.01. The van der Waals surface area contributed by atoms with Gasteiger partial charge in [-0.15, -0.1) is 0 Å². The maximum atomic E-state index is 5.80. The summed E-state index contributed by atoms with van der Waals surface area (Å²) in [5.74, 6) is 0. The van der Waals surface area contributed by atoms with Crippen molar-refractivity contribution in [2.75, 3.05) is 7.11 Å². The van der Waals surface area contributed by atoms with Crippen LogP contribution in [-0.4, -0.2) is 12.8 Å². The molecule has 0 amide bonds. The van der Waals surface area contributed by atoms with E-state index in [2.05, 4.69) is 0 Å². The average molecular weight is 139 g/mol. The van der Waals surface area contributed by atoms with Crippen molar-refractivity contribution in [3.63, 3.8) is 0 Å². The Morgan fingerprint density at radius 1 is 1.70 bits per heavy atom. The Bertz CT molecular complexity index is 184. The molecule has 1 aliphatic rings. The van der Waals surface area contributed by atoms with Gasteiger partial charge in [-0.1, -0.05) is 17.7 Å². The van der Waals surface area contributed by atoms with Crippen molar-refractivity contribution in [2.24, 2.45) is 5.73 Å². The number of methoxy groups -OCH3 is 1. The molecule has 0 bridgehead atoms. The molecule has 2 nitrogen and oxygen atoms in total. The van der Waals surface area contributed by atoms with Crippen molar-refractivity contribution in [3.05, 3.63) is 23.8 Å². The normalized spacial score (nSPS) is 32.1. The molecule has 56 valence electrons. The molecular formula is C8H13NO. The fraction of sp³-hybridized carbons (Fsp3) is 0.500. The van der Waals surface area contributed by atoms with Gasteiger partial charge in [-0.3, -0.25) is 5.73 Å². The van der Waals surface area contributed by atoms with Crippen molar-refractivity contribution < 1.29 is 4.74 Å². The average Bonchev–Trinajstić information content (AvgIpc) is 1.88. The van der Waals surface area contributed by atoms with Crippen LogP contribution in [-0.2, 0) is 4.74 Å². The molecule has 0 fully saturated rings. The highest BCUT2D eigenvalue weighted by atomic mass is 16.5. The number of ether oxygens (including phenoxy) is 1. The van der Waals surface area contributed by atoms with Crippen LogP contribution >= 0.6 is 0 Å². The van der Waals surface area contributed by atoms with Crippen LogP contribution < -0.4 is 5.73 Å². The molecule has 0 aromatic heterocycles. The van der Waals surface area contributed by atoms with E-state index in [9.17, 15) is 0 Å². The van der Waals surface area contributed by atoms with Crippen molar-refractivity contribution in [1.29, 1.82) is 0 Å². The highest BCUT2D eigenvalue weighted by Gasteiger charge is 2.21. The summed E-state index contributed by atoms with van der Waals surface area (Å²) in [5.41, 5.74) is 6.40. The van der Waals surface area contributed by atoms with Gasteiger partial charge in [0.1, 0.15) is 5.72 Å². The molecule has 0 saturated heterocycles. The van der Waals surface area contributed by atoms with Gasteiger partial charge in [-0.2, -0.15) is 0 Å². The van der Waals surface area contributed by atoms with Crippen LogP contribution in [0.2, 0.25) is 0 Å². The Kier molecular flexibility index (Phi) is 1.92. The Balaban J connectivity index is 2.76. The minimum absolute atomic E-state index is 0.557. The molecule has 2 N–H and O–H groups in total. The van der Waals surface area contributed by atoms with Crippen molar-refractivity contribution in [3.8, 4) is 0 Å². The largest absolute Gasteiger partial charge is 0.360 e. The molecule has 0 heterocycles. The molecular weight excluding hydrogens is 126 g/mol. The quantitative estimate of drug-likeness (QED) is 0.554. The molecule has 1 aliphatic carbocycles. The van der Waals surface area contributed by atoms with Gasteiger partial charge in [0, 0.05) is 13.5 Å². The van der Waals surface area contributed by atoms with Crippen LogP contribution in [0.5, 0.6) is 0 Å². The Labute approximate surface area is 61.4 Å². The van der Waals surface area contributed by atoms with E-state index in [-0.39, 0.29) is 0 Å². The lowest BCUT2D eigenvalue weighted by atomic mass is 10.0. The predicted molar refractivity (Wildman–Crippen MR) is 41.4 cm³/mol. The highest BCUT2D eigenvalue weighted by Crippen LogP contribution is 2.18. The van der Waals surface area contributed by atoms with E-state index in [0.717, 1.165) is 12.0 Å². The van der Waals surface area contributed by atoms with Crippen LogP contribution in [0.3, 0.4) is 0 Å². The van der Waals surface area contributed by atoms with E-state index in [1.165, 1.54) is 0 Å². The first-order chi connectivity index (χ1) is 4.66. The van der Waals surface area contributed by atoms with Crippen LogP contribution in [0, 0.1) is 0 Å². The van der Waals surface area contributed by atoms with Crippen LogP contribution in [0.15, 0.2) is 23.8 Å². The van der Waals surface area contributed by atoms with Crippen LogP contribution in [0.25, 0.3) is 0 Å². The first-order valence-corrected chi connectivity index (χ1v) is 3.36. The molecule has 0 radical (unpaired) electrons. The zero-order chi connectivity index (χ0) is 7.61. The molecule has 1 atom stereocenters. The zero-order valence-electron chi connectivity index (χ0n) is 6.42. The number of hydrogen-bond donors (Lipinski definition) is 1. The molecule has 2 heteroatoms. The number of nitrogens with two attached hydrogens (primary N) is 1. The third-order valence-electron chi connectivity index (χ3n) is 1.67. The molecule has 10 heavy (non-hydrogen) atoms. The fourth-order valence-corrected chi connectivity index (χ4v) is 1.06. The first-order valence-electron chi connectivity index (χ1n) is 3.36. The second kappa shape index (κ2) is 2.56. The summed E-state index contributed by atoms with van der Waals surface area (Å²) in [4.78, 5) is 0. The fourth-order valence-electron chi connectivity index (χ4n) is 1.06. The SMILES string of the molecule is COC1(N)C=C(C)C=CC1. The Morgan fingerprint density at radius 2 is 2.40 bits per heavy atom. The van der Waals surface area contributed by atoms with E-state index in [0.29, 0.717) is 0 Å². The minimum Gasteiger partial charge on any atom is -0.360 e. The van der Waals surface area contributed by atoms with Gasteiger partial charge in [0.05, 0.1) is 0 Å². The maximum Gasteiger partial charge on any atom is 0.139 e. The van der Waals surface area contributed by atoms with Crippen molar-refractivity contribution >= 4 is 0 Å². The van der Waals surface area contributed by atoms with E-state index >= 15 is 0 Å². The van der Waals surface area contributed by atoms with Gasteiger partial charge < -0.3 is 4.74 Å². The third kappa shape index (κ3) is 1.46. The smallest absolute Gasteiger partial charge is 0.139 e. The van der Waals surface area contributed by atoms with Crippen LogP contribution in [0.1, 0.15) is 13.3 Å². The molecule has 0 aliphatic heterocycles. The standard InChI is InChI=1S/C8H13NO/c1-7-4-3-5-8(9,6-7)10-2/h3-4,6H,5,9H2,1-2H3. The highest BCUT2D eigenvalue weighted by molar-refractivity contribution is 5.25. The second-order valence-electron chi connectivity index (χ2n) is 2.65. The van der Waals surface area contributed by atoms with Crippen molar-refractivity contribution in [2.45, 2.75) is 19.1 Å². The molecule has 1 unspecified atom stereocenters. The lowest BCUT2D eigenvalue weighted by Crippen LogP contribution is -2.40. The lowest BCUT2D eigenvalue weighted by Gasteiger charge is -2.25. The van der Waals surface area contributed by atoms with Gasteiger partial charge in [0.25, 0.3) is 0 Å². The topological polar surface area (TPSA) is 35.2 Å². The summed E-state index contributed by atoms with van der Waals surface area (Å²) in [5, 5.41) is 0. The maximum absolute atomic E-state index is 5.80. The van der Waals surface area contributed by atoms with E-state index in [1.54, 1.807) is 7.11 Å². The summed E-state index contributed by atoms with van der Waals surface area (Å²) in [6, 6.07) is 0. The van der Waals surface area contributed by atoms with Gasteiger partial charge in [-0.25, -0.2) is 0 Å². The number of allylic oxidation sites excluding steroid dienone is 2.